The van der Waals surface area contributed by atoms with Crippen molar-refractivity contribution in [2.75, 3.05) is 12.3 Å². The molecule has 1 atom stereocenters. The number of benzene rings is 2. The molecular formula is C24H31N3S. The fourth-order valence-corrected chi connectivity index (χ4v) is 4.19. The number of hydrogen-bond acceptors (Lipinski definition) is 4. The molecule has 0 saturated carbocycles. The lowest BCUT2D eigenvalue weighted by Gasteiger charge is -2.14. The van der Waals surface area contributed by atoms with Gasteiger partial charge in [-0.05, 0) is 54.8 Å². The molecule has 3 nitrogen and oxygen atoms in total. The highest BCUT2D eigenvalue weighted by atomic mass is 32.2. The average Bonchev–Trinajstić information content (AvgIpc) is 2.74. The number of nitrogens with zero attached hydrogens (tertiary/aromatic N) is 1. The summed E-state index contributed by atoms with van der Waals surface area (Å²) in [6.45, 7) is 3.87. The highest BCUT2D eigenvalue weighted by molar-refractivity contribution is 7.99. The molecule has 1 aromatic heterocycles. The summed E-state index contributed by atoms with van der Waals surface area (Å²) in [5, 5.41) is 7.23. The van der Waals surface area contributed by atoms with Gasteiger partial charge in [-0.1, -0.05) is 48.9 Å². The van der Waals surface area contributed by atoms with E-state index in [-0.39, 0.29) is 0 Å². The van der Waals surface area contributed by atoms with Gasteiger partial charge in [-0.25, -0.2) is 4.98 Å². The number of fused-ring (bicyclic) bond motifs is 1. The van der Waals surface area contributed by atoms with Gasteiger partial charge in [-0.3, -0.25) is 0 Å². The van der Waals surface area contributed by atoms with E-state index in [0.717, 1.165) is 17.3 Å². The van der Waals surface area contributed by atoms with Crippen molar-refractivity contribution in [3.8, 4) is 0 Å². The van der Waals surface area contributed by atoms with Crippen molar-refractivity contribution in [3.05, 3.63) is 71.9 Å². The standard InChI is InChI=1S/C24H31N3S/c1-19(7-5-6-10-20-8-3-2-4-9-20)27-18-21-11-12-23-22(17-21)13-15-26-24(23)28-16-14-25/h2-4,8-9,11-13,15,17,19,27H,5-7,10,14,16,18,25H2,1H3/t19-/m1/s1. The summed E-state index contributed by atoms with van der Waals surface area (Å²) in [6, 6.07) is 20.1. The average molecular weight is 394 g/mol. The Labute approximate surface area is 173 Å². The predicted octanol–water partition coefficient (Wildman–Crippen LogP) is 5.18. The third-order valence-corrected chi connectivity index (χ3v) is 6.04. The molecule has 0 spiro atoms. The third-order valence-electron chi connectivity index (χ3n) is 5.00. The third kappa shape index (κ3) is 6.33. The molecule has 0 saturated heterocycles. The molecule has 1 heterocycles. The van der Waals surface area contributed by atoms with Crippen LogP contribution in [0, 0.1) is 0 Å². The van der Waals surface area contributed by atoms with Crippen LogP contribution < -0.4 is 11.1 Å². The number of aryl methyl sites for hydroxylation is 1. The first kappa shape index (κ1) is 20.8. The second kappa shape index (κ2) is 11.2. The number of nitrogens with one attached hydrogen (secondary N) is 1. The molecule has 3 N–H and O–H groups in total. The predicted molar refractivity (Wildman–Crippen MR) is 122 cm³/mol. The van der Waals surface area contributed by atoms with Gasteiger partial charge in [-0.2, -0.15) is 0 Å². The van der Waals surface area contributed by atoms with E-state index in [2.05, 4.69) is 71.8 Å². The van der Waals surface area contributed by atoms with Gasteiger partial charge in [0.2, 0.25) is 0 Å². The van der Waals surface area contributed by atoms with E-state index in [1.54, 1.807) is 11.8 Å². The normalized spacial score (nSPS) is 12.4. The minimum atomic E-state index is 0.527. The first-order valence-corrected chi connectivity index (χ1v) is 11.2. The van der Waals surface area contributed by atoms with Crippen LogP contribution in [0.3, 0.4) is 0 Å². The maximum Gasteiger partial charge on any atom is 0.104 e. The Bertz CT molecular complexity index is 851. The van der Waals surface area contributed by atoms with Crippen molar-refractivity contribution in [2.24, 2.45) is 5.73 Å². The molecule has 0 aliphatic heterocycles. The smallest absolute Gasteiger partial charge is 0.104 e. The molecule has 0 aliphatic carbocycles. The SMILES string of the molecule is C[C@H](CCCCc1ccccc1)NCc1ccc2c(SCCN)nccc2c1. The number of aromatic nitrogens is 1. The zero-order valence-electron chi connectivity index (χ0n) is 16.7. The molecule has 0 aliphatic rings. The number of hydrogen-bond donors (Lipinski definition) is 2. The second-order valence-electron chi connectivity index (χ2n) is 7.32. The quantitative estimate of drug-likeness (QED) is 0.348. The number of rotatable bonds is 11. The fraction of sp³-hybridized carbons (Fsp3) is 0.375. The van der Waals surface area contributed by atoms with Gasteiger partial charge in [-0.15, -0.1) is 11.8 Å². The van der Waals surface area contributed by atoms with Crippen molar-refractivity contribution >= 4 is 22.5 Å². The van der Waals surface area contributed by atoms with Crippen LogP contribution in [-0.2, 0) is 13.0 Å². The van der Waals surface area contributed by atoms with Crippen molar-refractivity contribution in [1.29, 1.82) is 0 Å². The molecule has 0 amide bonds. The summed E-state index contributed by atoms with van der Waals surface area (Å²) in [5.74, 6) is 0.900. The Morgan fingerprint density at radius 2 is 1.89 bits per heavy atom. The molecule has 3 aromatic rings. The summed E-state index contributed by atoms with van der Waals surface area (Å²) in [6.07, 6.45) is 6.80. The minimum Gasteiger partial charge on any atom is -0.330 e. The minimum absolute atomic E-state index is 0.527. The Hall–Kier alpha value is -1.88. The van der Waals surface area contributed by atoms with Crippen molar-refractivity contribution in [3.63, 3.8) is 0 Å². The lowest BCUT2D eigenvalue weighted by atomic mass is 10.0. The lowest BCUT2D eigenvalue weighted by molar-refractivity contribution is 0.489. The maximum absolute atomic E-state index is 5.63. The number of pyridine rings is 1. The maximum atomic E-state index is 5.63. The van der Waals surface area contributed by atoms with Gasteiger partial charge in [0.25, 0.3) is 0 Å². The van der Waals surface area contributed by atoms with Crippen LogP contribution in [0.25, 0.3) is 10.8 Å². The molecular weight excluding hydrogens is 362 g/mol. The number of unbranched alkanes of at least 4 members (excludes halogenated alkanes) is 1. The van der Waals surface area contributed by atoms with Gasteiger partial charge in [0.15, 0.2) is 0 Å². The number of nitrogens with two attached hydrogens (primary N) is 1. The molecule has 4 heteroatoms. The van der Waals surface area contributed by atoms with Crippen LogP contribution in [0.5, 0.6) is 0 Å². The molecule has 0 bridgehead atoms. The molecule has 0 fully saturated rings. The van der Waals surface area contributed by atoms with E-state index in [1.807, 2.05) is 6.20 Å². The van der Waals surface area contributed by atoms with E-state index < -0.39 is 0 Å². The van der Waals surface area contributed by atoms with E-state index in [1.165, 1.54) is 47.6 Å². The van der Waals surface area contributed by atoms with Gasteiger partial charge >= 0.3 is 0 Å². The van der Waals surface area contributed by atoms with Crippen LogP contribution in [0.4, 0.5) is 0 Å². The zero-order valence-corrected chi connectivity index (χ0v) is 17.5. The Morgan fingerprint density at radius 1 is 1.04 bits per heavy atom. The fourth-order valence-electron chi connectivity index (χ4n) is 3.40. The lowest BCUT2D eigenvalue weighted by Crippen LogP contribution is -2.25. The second-order valence-corrected chi connectivity index (χ2v) is 8.41. The van der Waals surface area contributed by atoms with Crippen LogP contribution >= 0.6 is 11.8 Å². The molecule has 148 valence electrons. The Kier molecular flexibility index (Phi) is 8.34. The van der Waals surface area contributed by atoms with Crippen molar-refractivity contribution in [2.45, 2.75) is 50.2 Å². The van der Waals surface area contributed by atoms with Crippen LogP contribution in [0.1, 0.15) is 37.3 Å². The highest BCUT2D eigenvalue weighted by Gasteiger charge is 2.06. The molecule has 28 heavy (non-hydrogen) atoms. The van der Waals surface area contributed by atoms with Gasteiger partial charge in [0.1, 0.15) is 5.03 Å². The first-order valence-electron chi connectivity index (χ1n) is 10.2. The van der Waals surface area contributed by atoms with E-state index in [0.29, 0.717) is 12.6 Å². The summed E-state index contributed by atoms with van der Waals surface area (Å²) in [5.41, 5.74) is 8.39. The molecule has 2 aromatic carbocycles. The topological polar surface area (TPSA) is 50.9 Å². The summed E-state index contributed by atoms with van der Waals surface area (Å²) in [7, 11) is 0. The van der Waals surface area contributed by atoms with Gasteiger partial charge in [0, 0.05) is 36.5 Å². The van der Waals surface area contributed by atoms with Crippen molar-refractivity contribution < 1.29 is 0 Å². The molecule has 0 radical (unpaired) electrons. The van der Waals surface area contributed by atoms with Crippen LogP contribution in [0.15, 0.2) is 65.8 Å². The van der Waals surface area contributed by atoms with E-state index in [9.17, 15) is 0 Å². The Balaban J connectivity index is 1.45. The largest absolute Gasteiger partial charge is 0.330 e. The highest BCUT2D eigenvalue weighted by Crippen LogP contribution is 2.26. The summed E-state index contributed by atoms with van der Waals surface area (Å²) >= 11 is 1.73. The molecule has 0 unspecified atom stereocenters. The zero-order chi connectivity index (χ0) is 19.6. The summed E-state index contributed by atoms with van der Waals surface area (Å²) < 4.78 is 0. The van der Waals surface area contributed by atoms with Gasteiger partial charge in [0.05, 0.1) is 0 Å². The number of thioether (sulfide) groups is 1. The van der Waals surface area contributed by atoms with Gasteiger partial charge < -0.3 is 11.1 Å². The molecule has 3 rings (SSSR count). The van der Waals surface area contributed by atoms with E-state index >= 15 is 0 Å². The van der Waals surface area contributed by atoms with Crippen molar-refractivity contribution in [1.82, 2.24) is 10.3 Å². The first-order chi connectivity index (χ1) is 13.8. The monoisotopic (exact) mass is 393 g/mol. The Morgan fingerprint density at radius 3 is 2.71 bits per heavy atom. The van der Waals surface area contributed by atoms with Crippen LogP contribution in [0.2, 0.25) is 0 Å². The van der Waals surface area contributed by atoms with E-state index in [4.69, 9.17) is 5.73 Å². The van der Waals surface area contributed by atoms with Crippen LogP contribution in [-0.4, -0.2) is 23.3 Å². The summed E-state index contributed by atoms with van der Waals surface area (Å²) in [4.78, 5) is 4.50.